The minimum atomic E-state index is 0.277. The topological polar surface area (TPSA) is 35.5 Å². The lowest BCUT2D eigenvalue weighted by molar-refractivity contribution is 0.191. The number of hydrogen-bond donors (Lipinski definition) is 2. The molecule has 108 valence electrons. The van der Waals surface area contributed by atoms with Gasteiger partial charge in [-0.15, -0.1) is 0 Å². The molecule has 0 amide bonds. The Balaban J connectivity index is 2.23. The van der Waals surface area contributed by atoms with Gasteiger partial charge in [0.15, 0.2) is 0 Å². The van der Waals surface area contributed by atoms with E-state index in [1.807, 2.05) is 0 Å². The van der Waals surface area contributed by atoms with Crippen molar-refractivity contribution in [3.05, 3.63) is 0 Å². The molecule has 0 aromatic heterocycles. The quantitative estimate of drug-likeness (QED) is 0.595. The van der Waals surface area contributed by atoms with E-state index in [0.717, 1.165) is 25.4 Å². The smallest absolute Gasteiger partial charge is 0.0585 e. The SMILES string of the molecule is CCC(CC)CN(CC)CCC(CO)NC1CC1. The van der Waals surface area contributed by atoms with Crippen LogP contribution in [0.4, 0.5) is 0 Å². The Morgan fingerprint density at radius 1 is 1.22 bits per heavy atom. The lowest BCUT2D eigenvalue weighted by Crippen LogP contribution is -2.39. The van der Waals surface area contributed by atoms with E-state index in [4.69, 9.17) is 0 Å². The number of nitrogens with zero attached hydrogens (tertiary/aromatic N) is 1. The lowest BCUT2D eigenvalue weighted by atomic mass is 10.0. The average Bonchev–Trinajstić information content (AvgIpc) is 3.21. The van der Waals surface area contributed by atoms with E-state index in [1.165, 1.54) is 32.2 Å². The number of aliphatic hydroxyl groups excluding tert-OH is 1. The molecule has 1 aliphatic rings. The van der Waals surface area contributed by atoms with E-state index >= 15 is 0 Å². The van der Waals surface area contributed by atoms with Crippen molar-refractivity contribution in [2.75, 3.05) is 26.2 Å². The Labute approximate surface area is 113 Å². The zero-order chi connectivity index (χ0) is 13.4. The van der Waals surface area contributed by atoms with E-state index < -0.39 is 0 Å². The number of nitrogens with one attached hydrogen (secondary N) is 1. The molecule has 1 aliphatic carbocycles. The molecule has 0 radical (unpaired) electrons. The summed E-state index contributed by atoms with van der Waals surface area (Å²) in [5.41, 5.74) is 0. The van der Waals surface area contributed by atoms with Gasteiger partial charge in [-0.2, -0.15) is 0 Å². The summed E-state index contributed by atoms with van der Waals surface area (Å²) in [5.74, 6) is 0.828. The molecule has 18 heavy (non-hydrogen) atoms. The van der Waals surface area contributed by atoms with E-state index in [-0.39, 0.29) is 6.61 Å². The van der Waals surface area contributed by atoms with Crippen LogP contribution in [0.3, 0.4) is 0 Å². The predicted molar refractivity (Wildman–Crippen MR) is 77.8 cm³/mol. The second kappa shape index (κ2) is 8.89. The Morgan fingerprint density at radius 2 is 1.89 bits per heavy atom. The summed E-state index contributed by atoms with van der Waals surface area (Å²) in [6.07, 6.45) is 6.21. The summed E-state index contributed by atoms with van der Waals surface area (Å²) in [6.45, 7) is 10.5. The standard InChI is InChI=1S/C15H32N2O/c1-4-13(5-2)11-17(6-3)10-9-15(12-18)16-14-7-8-14/h13-16,18H,4-12H2,1-3H3. The van der Waals surface area contributed by atoms with Gasteiger partial charge in [0.2, 0.25) is 0 Å². The first-order valence-corrected chi connectivity index (χ1v) is 7.82. The first kappa shape index (κ1) is 15.9. The first-order valence-electron chi connectivity index (χ1n) is 7.82. The highest BCUT2D eigenvalue weighted by atomic mass is 16.3. The van der Waals surface area contributed by atoms with Crippen molar-refractivity contribution in [2.45, 2.75) is 65.0 Å². The fraction of sp³-hybridized carbons (Fsp3) is 1.00. The molecule has 0 aromatic carbocycles. The van der Waals surface area contributed by atoms with Gasteiger partial charge in [0, 0.05) is 18.6 Å². The van der Waals surface area contributed by atoms with E-state index in [0.29, 0.717) is 12.1 Å². The van der Waals surface area contributed by atoms with Crippen molar-refractivity contribution in [1.29, 1.82) is 0 Å². The van der Waals surface area contributed by atoms with Crippen LogP contribution in [0.15, 0.2) is 0 Å². The van der Waals surface area contributed by atoms with Gasteiger partial charge in [0.1, 0.15) is 0 Å². The van der Waals surface area contributed by atoms with Crippen molar-refractivity contribution in [1.82, 2.24) is 10.2 Å². The fourth-order valence-corrected chi connectivity index (χ4v) is 2.44. The molecule has 0 spiro atoms. The summed E-state index contributed by atoms with van der Waals surface area (Å²) >= 11 is 0. The molecule has 1 saturated carbocycles. The Kier molecular flexibility index (Phi) is 7.87. The van der Waals surface area contributed by atoms with Gasteiger partial charge in [-0.3, -0.25) is 0 Å². The molecule has 2 N–H and O–H groups in total. The van der Waals surface area contributed by atoms with Gasteiger partial charge in [-0.25, -0.2) is 0 Å². The lowest BCUT2D eigenvalue weighted by Gasteiger charge is -2.27. The van der Waals surface area contributed by atoms with Gasteiger partial charge in [-0.05, 0) is 38.3 Å². The Hall–Kier alpha value is -0.120. The molecule has 0 aromatic rings. The van der Waals surface area contributed by atoms with Crippen molar-refractivity contribution in [2.24, 2.45) is 5.92 Å². The molecule has 0 heterocycles. The molecule has 3 nitrogen and oxygen atoms in total. The van der Waals surface area contributed by atoms with Gasteiger partial charge in [0.05, 0.1) is 6.61 Å². The summed E-state index contributed by atoms with van der Waals surface area (Å²) in [4.78, 5) is 2.54. The monoisotopic (exact) mass is 256 g/mol. The third kappa shape index (κ3) is 6.17. The van der Waals surface area contributed by atoms with Gasteiger partial charge >= 0.3 is 0 Å². The molecule has 1 atom stereocenters. The highest BCUT2D eigenvalue weighted by Crippen LogP contribution is 2.20. The van der Waals surface area contributed by atoms with Gasteiger partial charge < -0.3 is 15.3 Å². The Bertz CT molecular complexity index is 203. The molecule has 1 unspecified atom stereocenters. The summed E-state index contributed by atoms with van der Waals surface area (Å²) in [6, 6.07) is 0.990. The molecular formula is C15H32N2O. The van der Waals surface area contributed by atoms with Crippen molar-refractivity contribution >= 4 is 0 Å². The van der Waals surface area contributed by atoms with Crippen LogP contribution in [-0.2, 0) is 0 Å². The maximum atomic E-state index is 9.38. The summed E-state index contributed by atoms with van der Waals surface area (Å²) in [5, 5.41) is 12.9. The molecule has 3 heteroatoms. The van der Waals surface area contributed by atoms with Crippen LogP contribution < -0.4 is 5.32 Å². The van der Waals surface area contributed by atoms with Crippen molar-refractivity contribution < 1.29 is 5.11 Å². The molecular weight excluding hydrogens is 224 g/mol. The second-order valence-electron chi connectivity index (χ2n) is 5.68. The molecule has 1 fully saturated rings. The second-order valence-corrected chi connectivity index (χ2v) is 5.68. The maximum Gasteiger partial charge on any atom is 0.0585 e. The normalized spacial score (nSPS) is 17.7. The van der Waals surface area contributed by atoms with Crippen LogP contribution in [0, 0.1) is 5.92 Å². The highest BCUT2D eigenvalue weighted by Gasteiger charge is 2.24. The number of aliphatic hydroxyl groups is 1. The summed E-state index contributed by atoms with van der Waals surface area (Å²) < 4.78 is 0. The molecule has 0 saturated heterocycles. The molecule has 1 rings (SSSR count). The van der Waals surface area contributed by atoms with Gasteiger partial charge in [-0.1, -0.05) is 33.6 Å². The third-order valence-electron chi connectivity index (χ3n) is 4.18. The van der Waals surface area contributed by atoms with Crippen LogP contribution in [0.1, 0.15) is 52.9 Å². The predicted octanol–water partition coefficient (Wildman–Crippen LogP) is 2.25. The summed E-state index contributed by atoms with van der Waals surface area (Å²) in [7, 11) is 0. The zero-order valence-corrected chi connectivity index (χ0v) is 12.5. The first-order chi connectivity index (χ1) is 8.73. The van der Waals surface area contributed by atoms with Crippen molar-refractivity contribution in [3.8, 4) is 0 Å². The largest absolute Gasteiger partial charge is 0.395 e. The van der Waals surface area contributed by atoms with Crippen LogP contribution >= 0.6 is 0 Å². The average molecular weight is 256 g/mol. The maximum absolute atomic E-state index is 9.38. The number of rotatable bonds is 11. The van der Waals surface area contributed by atoms with Crippen LogP contribution in [0.25, 0.3) is 0 Å². The third-order valence-corrected chi connectivity index (χ3v) is 4.18. The van der Waals surface area contributed by atoms with E-state index in [1.54, 1.807) is 0 Å². The minimum Gasteiger partial charge on any atom is -0.395 e. The van der Waals surface area contributed by atoms with Crippen LogP contribution in [0.2, 0.25) is 0 Å². The van der Waals surface area contributed by atoms with Crippen LogP contribution in [-0.4, -0.2) is 48.3 Å². The zero-order valence-electron chi connectivity index (χ0n) is 12.5. The highest BCUT2D eigenvalue weighted by molar-refractivity contribution is 4.85. The fourth-order valence-electron chi connectivity index (χ4n) is 2.44. The molecule has 0 bridgehead atoms. The van der Waals surface area contributed by atoms with Crippen LogP contribution in [0.5, 0.6) is 0 Å². The van der Waals surface area contributed by atoms with E-state index in [9.17, 15) is 5.11 Å². The van der Waals surface area contributed by atoms with Gasteiger partial charge in [0.25, 0.3) is 0 Å². The Morgan fingerprint density at radius 3 is 2.33 bits per heavy atom. The molecule has 0 aliphatic heterocycles. The van der Waals surface area contributed by atoms with E-state index in [2.05, 4.69) is 31.0 Å². The minimum absolute atomic E-state index is 0.277. The number of hydrogen-bond acceptors (Lipinski definition) is 3. The van der Waals surface area contributed by atoms with Crippen molar-refractivity contribution in [3.63, 3.8) is 0 Å².